The lowest BCUT2D eigenvalue weighted by Gasteiger charge is -2.28. The van der Waals surface area contributed by atoms with Crippen LogP contribution < -0.4 is 10.7 Å². The number of hydrogen-bond donors (Lipinski definition) is 2. The van der Waals surface area contributed by atoms with Gasteiger partial charge in [-0.2, -0.15) is 5.10 Å². The second kappa shape index (κ2) is 13.6. The molecule has 7 heteroatoms. The molecule has 0 aliphatic rings. The number of hydrazone groups is 1. The van der Waals surface area contributed by atoms with Crippen LogP contribution >= 0.6 is 11.6 Å². The highest BCUT2D eigenvalue weighted by atomic mass is 35.5. The first-order chi connectivity index (χ1) is 15.0. The monoisotopic (exact) mass is 442 g/mol. The predicted octanol–water partition coefficient (Wildman–Crippen LogP) is 4.10. The van der Waals surface area contributed by atoms with E-state index in [4.69, 9.17) is 11.6 Å². The van der Waals surface area contributed by atoms with E-state index in [-0.39, 0.29) is 17.9 Å². The van der Waals surface area contributed by atoms with E-state index in [1.54, 1.807) is 30.5 Å². The number of hydrogen-bond acceptors (Lipinski definition) is 4. The normalized spacial score (nSPS) is 12.1. The molecule has 0 heterocycles. The van der Waals surface area contributed by atoms with Crippen molar-refractivity contribution in [2.45, 2.75) is 39.2 Å². The third kappa shape index (κ3) is 8.52. The van der Waals surface area contributed by atoms with Gasteiger partial charge in [-0.25, -0.2) is 5.43 Å². The Labute approximate surface area is 189 Å². The summed E-state index contributed by atoms with van der Waals surface area (Å²) in [6, 6.07) is 16.1. The van der Waals surface area contributed by atoms with Gasteiger partial charge in [-0.15, -0.1) is 0 Å². The van der Waals surface area contributed by atoms with E-state index in [0.29, 0.717) is 23.6 Å². The van der Waals surface area contributed by atoms with Crippen molar-refractivity contribution < 1.29 is 9.59 Å². The fraction of sp³-hybridized carbons (Fsp3) is 0.375. The van der Waals surface area contributed by atoms with Gasteiger partial charge in [0.1, 0.15) is 0 Å². The lowest BCUT2D eigenvalue weighted by Crippen LogP contribution is -2.45. The van der Waals surface area contributed by atoms with E-state index in [1.165, 1.54) is 0 Å². The molecule has 0 saturated heterocycles. The number of likely N-dealkylation sites (N-methyl/N-ethyl adjacent to an activating group) is 1. The summed E-state index contributed by atoms with van der Waals surface area (Å²) in [5.41, 5.74) is 4.18. The summed E-state index contributed by atoms with van der Waals surface area (Å²) in [6.45, 7) is 6.22. The quantitative estimate of drug-likeness (QED) is 0.295. The van der Waals surface area contributed by atoms with Gasteiger partial charge in [0.25, 0.3) is 11.8 Å². The molecule has 1 unspecified atom stereocenters. The highest BCUT2D eigenvalue weighted by Gasteiger charge is 2.23. The molecule has 0 saturated carbocycles. The molecule has 1 atom stereocenters. The Kier molecular flexibility index (Phi) is 10.8. The molecule has 6 nitrogen and oxygen atoms in total. The number of carbonyl (C=O) groups is 2. The van der Waals surface area contributed by atoms with Gasteiger partial charge in [-0.1, -0.05) is 55.8 Å². The fourth-order valence-corrected chi connectivity index (χ4v) is 3.42. The summed E-state index contributed by atoms with van der Waals surface area (Å²) >= 11 is 5.88. The van der Waals surface area contributed by atoms with E-state index in [2.05, 4.69) is 20.7 Å². The Morgan fingerprint density at radius 1 is 1.03 bits per heavy atom. The Balaban J connectivity index is 1.81. The topological polar surface area (TPSA) is 73.8 Å². The van der Waals surface area contributed by atoms with Gasteiger partial charge in [-0.05, 0) is 62.2 Å². The van der Waals surface area contributed by atoms with E-state index >= 15 is 0 Å². The second-order valence-electron chi connectivity index (χ2n) is 7.14. The molecule has 2 aromatic carbocycles. The Morgan fingerprint density at radius 2 is 1.71 bits per heavy atom. The van der Waals surface area contributed by atoms with Gasteiger partial charge in [0.2, 0.25) is 0 Å². The van der Waals surface area contributed by atoms with Crippen molar-refractivity contribution in [1.82, 2.24) is 15.6 Å². The van der Waals surface area contributed by atoms with Crippen molar-refractivity contribution in [2.75, 3.05) is 19.6 Å². The molecule has 0 aromatic heterocycles. The maximum atomic E-state index is 12.7. The molecule has 0 aliphatic carbocycles. The van der Waals surface area contributed by atoms with Crippen molar-refractivity contribution in [2.24, 2.45) is 5.10 Å². The zero-order valence-electron chi connectivity index (χ0n) is 18.2. The summed E-state index contributed by atoms with van der Waals surface area (Å²) in [4.78, 5) is 27.0. The molecule has 2 N–H and O–H groups in total. The van der Waals surface area contributed by atoms with Crippen molar-refractivity contribution >= 4 is 29.6 Å². The Hall–Kier alpha value is -2.70. The summed E-state index contributed by atoms with van der Waals surface area (Å²) in [5, 5.41) is 7.68. The number of nitrogens with zero attached hydrogens (tertiary/aromatic N) is 2. The second-order valence-corrected chi connectivity index (χ2v) is 7.58. The van der Waals surface area contributed by atoms with Crippen molar-refractivity contribution in [3.05, 3.63) is 70.7 Å². The average molecular weight is 443 g/mol. The Morgan fingerprint density at radius 3 is 2.35 bits per heavy atom. The smallest absolute Gasteiger partial charge is 0.257 e. The highest BCUT2D eigenvalue weighted by molar-refractivity contribution is 6.30. The minimum Gasteiger partial charge on any atom is -0.352 e. The number of carbonyl (C=O) groups excluding carboxylic acids is 2. The molecule has 0 fully saturated rings. The van der Waals surface area contributed by atoms with Crippen LogP contribution in [0.25, 0.3) is 0 Å². The van der Waals surface area contributed by atoms with E-state index < -0.39 is 0 Å². The van der Waals surface area contributed by atoms with Crippen LogP contribution in [0.1, 0.15) is 49.0 Å². The molecule has 2 rings (SSSR count). The van der Waals surface area contributed by atoms with Crippen LogP contribution in [0.5, 0.6) is 0 Å². The zero-order valence-corrected chi connectivity index (χ0v) is 18.9. The first-order valence-corrected chi connectivity index (χ1v) is 11.1. The number of halogens is 1. The Bertz CT molecular complexity index is 836. The molecule has 166 valence electrons. The zero-order chi connectivity index (χ0) is 22.5. The van der Waals surface area contributed by atoms with E-state index in [1.807, 2.05) is 44.2 Å². The average Bonchev–Trinajstić information content (AvgIpc) is 2.80. The van der Waals surface area contributed by atoms with Crippen LogP contribution in [0.3, 0.4) is 0 Å². The summed E-state index contributed by atoms with van der Waals surface area (Å²) in [5.74, 6) is -0.197. The maximum absolute atomic E-state index is 12.7. The minimum absolute atomic E-state index is 0.0739. The van der Waals surface area contributed by atoms with Gasteiger partial charge in [0.05, 0.1) is 12.3 Å². The number of amides is 2. The fourth-order valence-electron chi connectivity index (χ4n) is 3.29. The van der Waals surface area contributed by atoms with Gasteiger partial charge in [0.15, 0.2) is 0 Å². The van der Waals surface area contributed by atoms with Gasteiger partial charge < -0.3 is 5.32 Å². The summed E-state index contributed by atoms with van der Waals surface area (Å²) in [7, 11) is 0. The van der Waals surface area contributed by atoms with Gasteiger partial charge in [0, 0.05) is 17.1 Å². The molecule has 0 bridgehead atoms. The van der Waals surface area contributed by atoms with Crippen LogP contribution in [0, 0.1) is 0 Å². The lowest BCUT2D eigenvalue weighted by atomic mass is 10.1. The minimum atomic E-state index is -0.262. The van der Waals surface area contributed by atoms with E-state index in [0.717, 1.165) is 31.5 Å². The molecule has 0 spiro atoms. The van der Waals surface area contributed by atoms with Crippen molar-refractivity contribution in [1.29, 1.82) is 0 Å². The first kappa shape index (κ1) is 24.6. The third-order valence-electron chi connectivity index (χ3n) is 5.04. The van der Waals surface area contributed by atoms with Crippen LogP contribution in [-0.4, -0.2) is 48.6 Å². The highest BCUT2D eigenvalue weighted by Crippen LogP contribution is 2.10. The molecule has 0 aliphatic heterocycles. The molecule has 31 heavy (non-hydrogen) atoms. The summed E-state index contributed by atoms with van der Waals surface area (Å²) in [6.07, 6.45) is 3.93. The number of nitrogens with one attached hydrogen (secondary N) is 2. The van der Waals surface area contributed by atoms with Crippen molar-refractivity contribution in [3.8, 4) is 0 Å². The van der Waals surface area contributed by atoms with Crippen LogP contribution in [-0.2, 0) is 4.79 Å². The summed E-state index contributed by atoms with van der Waals surface area (Å²) < 4.78 is 0. The maximum Gasteiger partial charge on any atom is 0.257 e. The standard InChI is InChI=1S/C24H31ClN4O2/c1-3-29(4-2)22(24(31)28-27-18-19-13-15-21(25)16-14-19)12-8-9-17-26-23(30)20-10-6-5-7-11-20/h5-7,10-11,13-16,18,22H,3-4,8-9,12,17H2,1-2H3,(H,26,30)(H,28,31)/b27-18+. The van der Waals surface area contributed by atoms with E-state index in [9.17, 15) is 9.59 Å². The molecule has 2 aromatic rings. The SMILES string of the molecule is CCN(CC)C(CCCCNC(=O)c1ccccc1)C(=O)N/N=C/c1ccc(Cl)cc1. The first-order valence-electron chi connectivity index (χ1n) is 10.7. The molecule has 2 amide bonds. The molecule has 0 radical (unpaired) electrons. The van der Waals surface area contributed by atoms with Crippen molar-refractivity contribution in [3.63, 3.8) is 0 Å². The predicted molar refractivity (Wildman–Crippen MR) is 127 cm³/mol. The molecular formula is C24H31ClN4O2. The lowest BCUT2D eigenvalue weighted by molar-refractivity contribution is -0.126. The van der Waals surface area contributed by atoms with Crippen LogP contribution in [0.15, 0.2) is 59.7 Å². The largest absolute Gasteiger partial charge is 0.352 e. The van der Waals surface area contributed by atoms with Crippen LogP contribution in [0.2, 0.25) is 5.02 Å². The van der Waals surface area contributed by atoms with Crippen LogP contribution in [0.4, 0.5) is 0 Å². The van der Waals surface area contributed by atoms with Gasteiger partial charge in [-0.3, -0.25) is 14.5 Å². The number of benzene rings is 2. The molecular weight excluding hydrogens is 412 g/mol. The van der Waals surface area contributed by atoms with Gasteiger partial charge >= 0.3 is 0 Å². The third-order valence-corrected chi connectivity index (χ3v) is 5.29. The number of unbranched alkanes of at least 4 members (excludes halogenated alkanes) is 1. The number of rotatable bonds is 12.